The molecule has 5 heteroatoms. The Hall–Kier alpha value is -3.99. The van der Waals surface area contributed by atoms with Gasteiger partial charge in [0.15, 0.2) is 5.78 Å². The number of fused-ring (bicyclic) bond motifs is 1. The average molecular weight is 382 g/mol. The molecule has 0 spiro atoms. The standard InChI is InChI=1S/C24H18N2O3/c1-16(27)9-10-18-15-19(21-7-4-5-17-13-14-25-24(17)21)11-12-20(18)22-6-2-3-8-23(22)26(28)29/h2-15,25H,1H3/b10-9+. The zero-order valence-corrected chi connectivity index (χ0v) is 15.8. The van der Waals surface area contributed by atoms with Crippen LogP contribution in [0.25, 0.3) is 39.2 Å². The van der Waals surface area contributed by atoms with Gasteiger partial charge in [-0.3, -0.25) is 14.9 Å². The average Bonchev–Trinajstić information content (AvgIpc) is 3.21. The molecule has 1 aromatic heterocycles. The number of carbonyl (C=O) groups excluding carboxylic acids is 1. The summed E-state index contributed by atoms with van der Waals surface area (Å²) in [4.78, 5) is 25.9. The number of aromatic nitrogens is 1. The quantitative estimate of drug-likeness (QED) is 0.261. The molecule has 0 aliphatic carbocycles. The van der Waals surface area contributed by atoms with Crippen molar-refractivity contribution in [2.45, 2.75) is 6.92 Å². The first-order valence-corrected chi connectivity index (χ1v) is 9.17. The molecule has 0 aliphatic heterocycles. The van der Waals surface area contributed by atoms with E-state index in [0.717, 1.165) is 27.6 Å². The fraction of sp³-hybridized carbons (Fsp3) is 0.0417. The van der Waals surface area contributed by atoms with Gasteiger partial charge < -0.3 is 4.98 Å². The molecule has 0 aliphatic rings. The highest BCUT2D eigenvalue weighted by Crippen LogP contribution is 2.36. The van der Waals surface area contributed by atoms with Gasteiger partial charge in [0.1, 0.15) is 0 Å². The van der Waals surface area contributed by atoms with Gasteiger partial charge in [0.25, 0.3) is 5.69 Å². The largest absolute Gasteiger partial charge is 0.361 e. The van der Waals surface area contributed by atoms with E-state index in [0.29, 0.717) is 11.1 Å². The lowest BCUT2D eigenvalue weighted by Crippen LogP contribution is -1.94. The van der Waals surface area contributed by atoms with E-state index in [2.05, 4.69) is 4.98 Å². The highest BCUT2D eigenvalue weighted by atomic mass is 16.6. The third-order valence-electron chi connectivity index (χ3n) is 4.84. The lowest BCUT2D eigenvalue weighted by atomic mass is 9.93. The number of carbonyl (C=O) groups is 1. The molecule has 4 rings (SSSR count). The van der Waals surface area contributed by atoms with Gasteiger partial charge in [-0.15, -0.1) is 0 Å². The minimum absolute atomic E-state index is 0.0317. The summed E-state index contributed by atoms with van der Waals surface area (Å²) < 4.78 is 0. The Labute approximate surface area is 167 Å². The number of nitrogens with zero attached hydrogens (tertiary/aromatic N) is 1. The molecule has 0 saturated heterocycles. The smallest absolute Gasteiger partial charge is 0.277 e. The predicted molar refractivity (Wildman–Crippen MR) is 116 cm³/mol. The number of benzene rings is 3. The summed E-state index contributed by atoms with van der Waals surface area (Å²) in [6, 6.07) is 20.5. The number of nitro groups is 1. The Bertz CT molecular complexity index is 1270. The van der Waals surface area contributed by atoms with Crippen LogP contribution in [0.5, 0.6) is 0 Å². The molecule has 1 heterocycles. The van der Waals surface area contributed by atoms with Crippen molar-refractivity contribution in [1.29, 1.82) is 0 Å². The van der Waals surface area contributed by atoms with E-state index in [1.54, 1.807) is 24.3 Å². The van der Waals surface area contributed by atoms with Crippen LogP contribution in [0.2, 0.25) is 0 Å². The van der Waals surface area contributed by atoms with Gasteiger partial charge in [-0.1, -0.05) is 48.5 Å². The second-order valence-corrected chi connectivity index (χ2v) is 6.77. The molecule has 0 radical (unpaired) electrons. The monoisotopic (exact) mass is 382 g/mol. The number of H-pyrrole nitrogens is 1. The molecule has 0 saturated carbocycles. The van der Waals surface area contributed by atoms with Gasteiger partial charge in [0, 0.05) is 17.8 Å². The van der Waals surface area contributed by atoms with Crippen molar-refractivity contribution in [3.8, 4) is 22.3 Å². The summed E-state index contributed by atoms with van der Waals surface area (Å²) in [5.41, 5.74) is 5.01. The number of aromatic amines is 1. The van der Waals surface area contributed by atoms with E-state index < -0.39 is 0 Å². The normalized spacial score (nSPS) is 11.2. The second kappa shape index (κ2) is 7.56. The molecule has 0 fully saturated rings. The number of hydrogen-bond acceptors (Lipinski definition) is 3. The molecule has 4 aromatic rings. The molecule has 5 nitrogen and oxygen atoms in total. The van der Waals surface area contributed by atoms with E-state index in [9.17, 15) is 14.9 Å². The number of rotatable bonds is 5. The molecule has 0 unspecified atom stereocenters. The van der Waals surface area contributed by atoms with Crippen LogP contribution in [-0.4, -0.2) is 15.7 Å². The minimum atomic E-state index is -0.388. The molecule has 29 heavy (non-hydrogen) atoms. The summed E-state index contributed by atoms with van der Waals surface area (Å²) >= 11 is 0. The Morgan fingerprint density at radius 3 is 2.55 bits per heavy atom. The predicted octanol–water partition coefficient (Wildman–Crippen LogP) is 6.01. The number of hydrogen-bond donors (Lipinski definition) is 1. The maximum atomic E-state index is 11.5. The Balaban J connectivity index is 1.93. The number of nitrogens with one attached hydrogen (secondary N) is 1. The topological polar surface area (TPSA) is 76.0 Å². The van der Waals surface area contributed by atoms with Crippen LogP contribution < -0.4 is 0 Å². The van der Waals surface area contributed by atoms with E-state index in [4.69, 9.17) is 0 Å². The summed E-state index contributed by atoms with van der Waals surface area (Å²) in [5.74, 6) is -0.0876. The number of nitro benzene ring substituents is 1. The van der Waals surface area contributed by atoms with E-state index in [-0.39, 0.29) is 16.4 Å². The van der Waals surface area contributed by atoms with Crippen LogP contribution in [-0.2, 0) is 4.79 Å². The SMILES string of the molecule is CC(=O)/C=C/c1cc(-c2cccc3cc[nH]c23)ccc1-c1ccccc1[N+](=O)[O-]. The van der Waals surface area contributed by atoms with Gasteiger partial charge in [-0.05, 0) is 53.3 Å². The van der Waals surface area contributed by atoms with Crippen molar-refractivity contribution in [2.75, 3.05) is 0 Å². The zero-order valence-electron chi connectivity index (χ0n) is 15.8. The molecular formula is C24H18N2O3. The van der Waals surface area contributed by atoms with Crippen LogP contribution in [0.15, 0.2) is 79.0 Å². The van der Waals surface area contributed by atoms with E-state index >= 15 is 0 Å². The van der Waals surface area contributed by atoms with E-state index in [1.807, 2.05) is 48.7 Å². The fourth-order valence-electron chi connectivity index (χ4n) is 3.51. The molecule has 3 aromatic carbocycles. The van der Waals surface area contributed by atoms with Gasteiger partial charge in [0.2, 0.25) is 0 Å². The highest BCUT2D eigenvalue weighted by Gasteiger charge is 2.17. The lowest BCUT2D eigenvalue weighted by Gasteiger charge is -2.11. The van der Waals surface area contributed by atoms with Crippen LogP contribution in [0.1, 0.15) is 12.5 Å². The second-order valence-electron chi connectivity index (χ2n) is 6.77. The first-order valence-electron chi connectivity index (χ1n) is 9.17. The molecule has 142 valence electrons. The fourth-order valence-corrected chi connectivity index (χ4v) is 3.51. The summed E-state index contributed by atoms with van der Waals surface area (Å²) in [6.45, 7) is 1.48. The van der Waals surface area contributed by atoms with Gasteiger partial charge in [0.05, 0.1) is 16.0 Å². The number of allylic oxidation sites excluding steroid dienone is 1. The van der Waals surface area contributed by atoms with Crippen molar-refractivity contribution in [2.24, 2.45) is 0 Å². The number of para-hydroxylation sites is 2. The third-order valence-corrected chi connectivity index (χ3v) is 4.84. The van der Waals surface area contributed by atoms with Gasteiger partial charge >= 0.3 is 0 Å². The van der Waals surface area contributed by atoms with Crippen LogP contribution in [0.3, 0.4) is 0 Å². The highest BCUT2D eigenvalue weighted by molar-refractivity contribution is 5.97. The zero-order chi connectivity index (χ0) is 20.4. The Morgan fingerprint density at radius 1 is 0.966 bits per heavy atom. The first kappa shape index (κ1) is 18.4. The molecule has 0 atom stereocenters. The van der Waals surface area contributed by atoms with Crippen LogP contribution in [0, 0.1) is 10.1 Å². The van der Waals surface area contributed by atoms with Crippen LogP contribution >= 0.6 is 0 Å². The molecule has 0 bridgehead atoms. The van der Waals surface area contributed by atoms with Gasteiger partial charge in [-0.25, -0.2) is 0 Å². The van der Waals surface area contributed by atoms with Crippen molar-refractivity contribution in [1.82, 2.24) is 4.98 Å². The molecule has 0 amide bonds. The first-order chi connectivity index (χ1) is 14.0. The third kappa shape index (κ3) is 3.58. The van der Waals surface area contributed by atoms with Crippen molar-refractivity contribution >= 4 is 28.4 Å². The van der Waals surface area contributed by atoms with E-state index in [1.165, 1.54) is 19.1 Å². The Morgan fingerprint density at radius 2 is 1.76 bits per heavy atom. The van der Waals surface area contributed by atoms with Crippen molar-refractivity contribution in [3.63, 3.8) is 0 Å². The molecule has 1 N–H and O–H groups in total. The maximum Gasteiger partial charge on any atom is 0.277 e. The summed E-state index contributed by atoms with van der Waals surface area (Å²) in [6.07, 6.45) is 5.09. The lowest BCUT2D eigenvalue weighted by molar-refractivity contribution is -0.384. The van der Waals surface area contributed by atoms with Crippen LogP contribution in [0.4, 0.5) is 5.69 Å². The maximum absolute atomic E-state index is 11.5. The Kier molecular flexibility index (Phi) is 4.79. The van der Waals surface area contributed by atoms with Gasteiger partial charge in [-0.2, -0.15) is 0 Å². The summed E-state index contributed by atoms with van der Waals surface area (Å²) in [7, 11) is 0. The van der Waals surface area contributed by atoms with Crippen molar-refractivity contribution in [3.05, 3.63) is 94.7 Å². The number of ketones is 1. The summed E-state index contributed by atoms with van der Waals surface area (Å²) in [5, 5.41) is 12.6. The van der Waals surface area contributed by atoms with Crippen molar-refractivity contribution < 1.29 is 9.72 Å². The molecular weight excluding hydrogens is 364 g/mol. The minimum Gasteiger partial charge on any atom is -0.361 e.